The Hall–Kier alpha value is -2.87. The summed E-state index contributed by atoms with van der Waals surface area (Å²) in [5, 5.41) is 0.219. The first-order chi connectivity index (χ1) is 15.3. The number of ether oxygens (including phenoxy) is 1. The number of halogens is 1. The van der Waals surface area contributed by atoms with E-state index in [1.165, 1.54) is 25.3 Å². The highest BCUT2D eigenvalue weighted by molar-refractivity contribution is 7.89. The summed E-state index contributed by atoms with van der Waals surface area (Å²) in [5.74, 6) is 0.337. The highest BCUT2D eigenvalue weighted by atomic mass is 35.5. The van der Waals surface area contributed by atoms with Crippen LogP contribution in [0.1, 0.15) is 28.4 Å². The smallest absolute Gasteiger partial charge is 0.258 e. The first kappa shape index (κ1) is 22.3. The zero-order chi connectivity index (χ0) is 22.9. The number of nitrogens with zero attached hydrogens (tertiary/aromatic N) is 1. The standard InChI is InChI=1S/C24H23ClN2O4S/c1-16-12-19-9-8-17(13-22(19)27(16)24(28)18-6-4-3-5-7-18)15-26-32(29,30)20-10-11-23(31-2)21(25)14-20/h3-11,13-14,16,26H,12,15H2,1-2H3. The molecule has 166 valence electrons. The fraction of sp³-hybridized carbons (Fsp3) is 0.208. The quantitative estimate of drug-likeness (QED) is 0.578. The van der Waals surface area contributed by atoms with E-state index >= 15 is 0 Å². The number of hydrogen-bond donors (Lipinski definition) is 1. The highest BCUT2D eigenvalue weighted by Crippen LogP contribution is 2.34. The second-order valence-corrected chi connectivity index (χ2v) is 9.85. The van der Waals surface area contributed by atoms with E-state index in [9.17, 15) is 13.2 Å². The summed E-state index contributed by atoms with van der Waals surface area (Å²) in [4.78, 5) is 14.9. The SMILES string of the molecule is COc1ccc(S(=O)(=O)NCc2ccc3c(c2)N(C(=O)c2ccccc2)C(C)C3)cc1Cl. The summed E-state index contributed by atoms with van der Waals surface area (Å²) in [7, 11) is -2.31. The zero-order valence-electron chi connectivity index (χ0n) is 17.7. The molecule has 1 aliphatic rings. The molecule has 0 radical (unpaired) electrons. The third-order valence-electron chi connectivity index (χ3n) is 5.50. The number of hydrogen-bond acceptors (Lipinski definition) is 4. The maximum absolute atomic E-state index is 13.1. The summed E-state index contributed by atoms with van der Waals surface area (Å²) >= 11 is 6.07. The van der Waals surface area contributed by atoms with Crippen LogP contribution in [0.5, 0.6) is 5.75 Å². The van der Waals surface area contributed by atoms with Gasteiger partial charge in [-0.2, -0.15) is 0 Å². The topological polar surface area (TPSA) is 75.7 Å². The van der Waals surface area contributed by atoms with E-state index in [0.29, 0.717) is 11.3 Å². The monoisotopic (exact) mass is 470 g/mol. The fourth-order valence-corrected chi connectivity index (χ4v) is 5.23. The van der Waals surface area contributed by atoms with E-state index in [1.807, 2.05) is 43.3 Å². The van der Waals surface area contributed by atoms with Gasteiger partial charge in [-0.3, -0.25) is 4.79 Å². The van der Waals surface area contributed by atoms with Crippen molar-refractivity contribution in [2.45, 2.75) is 30.8 Å². The Morgan fingerprint density at radius 2 is 1.88 bits per heavy atom. The molecule has 0 bridgehead atoms. The van der Waals surface area contributed by atoms with Crippen LogP contribution < -0.4 is 14.4 Å². The molecule has 0 saturated heterocycles. The Kier molecular flexibility index (Phi) is 6.24. The molecule has 3 aromatic rings. The van der Waals surface area contributed by atoms with Gasteiger partial charge in [0.1, 0.15) is 5.75 Å². The van der Waals surface area contributed by atoms with Crippen LogP contribution in [0.4, 0.5) is 5.69 Å². The third-order valence-corrected chi connectivity index (χ3v) is 7.20. The molecule has 3 aromatic carbocycles. The summed E-state index contributed by atoms with van der Waals surface area (Å²) in [5.41, 5.74) is 3.26. The van der Waals surface area contributed by atoms with Crippen molar-refractivity contribution in [1.29, 1.82) is 0 Å². The van der Waals surface area contributed by atoms with Crippen molar-refractivity contribution in [3.8, 4) is 5.75 Å². The van der Waals surface area contributed by atoms with E-state index < -0.39 is 10.0 Å². The van der Waals surface area contributed by atoms with Crippen LogP contribution in [-0.2, 0) is 23.0 Å². The summed E-state index contributed by atoms with van der Waals surface area (Å²) < 4.78 is 33.1. The average molecular weight is 471 g/mol. The molecule has 32 heavy (non-hydrogen) atoms. The molecule has 0 spiro atoms. The fourth-order valence-electron chi connectivity index (χ4n) is 3.87. The average Bonchev–Trinajstić information content (AvgIpc) is 3.12. The number of fused-ring (bicyclic) bond motifs is 1. The van der Waals surface area contributed by atoms with Crippen molar-refractivity contribution in [3.63, 3.8) is 0 Å². The van der Waals surface area contributed by atoms with E-state index in [2.05, 4.69) is 4.72 Å². The van der Waals surface area contributed by atoms with Crippen LogP contribution >= 0.6 is 11.6 Å². The zero-order valence-corrected chi connectivity index (χ0v) is 19.3. The largest absolute Gasteiger partial charge is 0.495 e. The van der Waals surface area contributed by atoms with Gasteiger partial charge >= 0.3 is 0 Å². The molecule has 0 fully saturated rings. The lowest BCUT2D eigenvalue weighted by Crippen LogP contribution is -2.35. The Labute approximate surface area is 192 Å². The molecule has 1 amide bonds. The number of anilines is 1. The first-order valence-corrected chi connectivity index (χ1v) is 12.0. The van der Waals surface area contributed by atoms with Crippen LogP contribution in [0.3, 0.4) is 0 Å². The van der Waals surface area contributed by atoms with Crippen molar-refractivity contribution in [1.82, 2.24) is 4.72 Å². The van der Waals surface area contributed by atoms with Gasteiger partial charge in [0.05, 0.1) is 17.0 Å². The van der Waals surface area contributed by atoms with Gasteiger partial charge in [0.25, 0.3) is 5.91 Å². The van der Waals surface area contributed by atoms with Gasteiger partial charge in [-0.15, -0.1) is 0 Å². The Bertz CT molecular complexity index is 1260. The number of carbonyl (C=O) groups is 1. The summed E-state index contributed by atoms with van der Waals surface area (Å²) in [6.45, 7) is 2.09. The van der Waals surface area contributed by atoms with Gasteiger partial charge in [0, 0.05) is 23.8 Å². The maximum atomic E-state index is 13.1. The van der Waals surface area contributed by atoms with Crippen LogP contribution in [0.15, 0.2) is 71.6 Å². The number of benzene rings is 3. The van der Waals surface area contributed by atoms with E-state index in [4.69, 9.17) is 16.3 Å². The van der Waals surface area contributed by atoms with E-state index in [1.54, 1.807) is 17.0 Å². The number of carbonyl (C=O) groups excluding carboxylic acids is 1. The molecule has 0 aliphatic carbocycles. The van der Waals surface area contributed by atoms with Gasteiger partial charge in [-0.1, -0.05) is 41.9 Å². The molecule has 4 rings (SSSR count). The molecule has 1 aliphatic heterocycles. The lowest BCUT2D eigenvalue weighted by molar-refractivity contribution is 0.0981. The molecular weight excluding hydrogens is 448 g/mol. The molecular formula is C24H23ClN2O4S. The predicted octanol–water partition coefficient (Wildman–Crippen LogP) is 4.42. The molecule has 0 saturated carbocycles. The van der Waals surface area contributed by atoms with Gasteiger partial charge < -0.3 is 9.64 Å². The minimum absolute atomic E-state index is 0.0195. The van der Waals surface area contributed by atoms with Gasteiger partial charge in [0.15, 0.2) is 0 Å². The number of rotatable bonds is 6. The van der Waals surface area contributed by atoms with Gasteiger partial charge in [-0.05, 0) is 60.9 Å². The lowest BCUT2D eigenvalue weighted by Gasteiger charge is -2.23. The molecule has 1 unspecified atom stereocenters. The number of methoxy groups -OCH3 is 1. The maximum Gasteiger partial charge on any atom is 0.258 e. The van der Waals surface area contributed by atoms with Crippen LogP contribution in [0.2, 0.25) is 5.02 Å². The van der Waals surface area contributed by atoms with Crippen molar-refractivity contribution >= 4 is 33.2 Å². The summed E-state index contributed by atoms with van der Waals surface area (Å²) in [6, 6.07) is 19.2. The Morgan fingerprint density at radius 3 is 2.56 bits per heavy atom. The minimum atomic E-state index is -3.77. The number of nitrogens with one attached hydrogen (secondary N) is 1. The highest BCUT2D eigenvalue weighted by Gasteiger charge is 2.31. The number of amides is 1. The second kappa shape index (κ2) is 8.94. The van der Waals surface area contributed by atoms with E-state index in [-0.39, 0.29) is 28.4 Å². The molecule has 1 N–H and O–H groups in total. The van der Waals surface area contributed by atoms with Crippen molar-refractivity contribution in [3.05, 3.63) is 88.4 Å². The molecule has 1 heterocycles. The first-order valence-electron chi connectivity index (χ1n) is 10.1. The summed E-state index contributed by atoms with van der Waals surface area (Å²) in [6.07, 6.45) is 0.754. The Balaban J connectivity index is 1.55. The molecule has 0 aromatic heterocycles. The third kappa shape index (κ3) is 4.37. The Morgan fingerprint density at radius 1 is 1.12 bits per heavy atom. The minimum Gasteiger partial charge on any atom is -0.495 e. The van der Waals surface area contributed by atoms with Gasteiger partial charge in [-0.25, -0.2) is 13.1 Å². The molecule has 1 atom stereocenters. The van der Waals surface area contributed by atoms with Crippen LogP contribution in [0.25, 0.3) is 0 Å². The lowest BCUT2D eigenvalue weighted by atomic mass is 10.1. The predicted molar refractivity (Wildman–Crippen MR) is 125 cm³/mol. The number of sulfonamides is 1. The van der Waals surface area contributed by atoms with Crippen LogP contribution in [0, 0.1) is 0 Å². The van der Waals surface area contributed by atoms with Gasteiger partial charge in [0.2, 0.25) is 10.0 Å². The van der Waals surface area contributed by atoms with E-state index in [0.717, 1.165) is 23.2 Å². The van der Waals surface area contributed by atoms with Crippen molar-refractivity contribution < 1.29 is 17.9 Å². The normalized spacial score (nSPS) is 15.5. The molecule has 6 nitrogen and oxygen atoms in total. The van der Waals surface area contributed by atoms with Crippen LogP contribution in [-0.4, -0.2) is 27.5 Å². The van der Waals surface area contributed by atoms with Crippen molar-refractivity contribution in [2.75, 3.05) is 12.0 Å². The molecule has 8 heteroatoms. The van der Waals surface area contributed by atoms with Crippen molar-refractivity contribution in [2.24, 2.45) is 0 Å². The second-order valence-electron chi connectivity index (χ2n) is 7.68.